The number of nitrogens with one attached hydrogen (secondary N) is 2. The number of hydrogen-bond donors (Lipinski definition) is 2. The zero-order valence-corrected chi connectivity index (χ0v) is 14.4. The van der Waals surface area contributed by atoms with E-state index in [0.29, 0.717) is 30.4 Å². The maximum Gasteiger partial charge on any atom is 0.226 e. The second kappa shape index (κ2) is 6.47. The summed E-state index contributed by atoms with van der Waals surface area (Å²) in [7, 11) is 1.80. The summed E-state index contributed by atoms with van der Waals surface area (Å²) in [5, 5.41) is 10.9. The van der Waals surface area contributed by atoms with Crippen molar-refractivity contribution in [3.8, 4) is 0 Å². The van der Waals surface area contributed by atoms with Gasteiger partial charge in [-0.05, 0) is 6.42 Å². The van der Waals surface area contributed by atoms with Gasteiger partial charge < -0.3 is 19.9 Å². The molecule has 2 aliphatic rings. The Bertz CT molecular complexity index is 569. The summed E-state index contributed by atoms with van der Waals surface area (Å²) in [6.07, 6.45) is 2.99. The van der Waals surface area contributed by atoms with Gasteiger partial charge in [0.05, 0.1) is 6.10 Å². The van der Waals surface area contributed by atoms with Crippen LogP contribution in [0.25, 0.3) is 0 Å². The number of aromatic nitrogens is 2. The molecule has 7 nitrogen and oxygen atoms in total. The summed E-state index contributed by atoms with van der Waals surface area (Å²) in [6.45, 7) is 8.12. The molecule has 128 valence electrons. The maximum absolute atomic E-state index is 5.84. The predicted octanol–water partition coefficient (Wildman–Crippen LogP) is 1.15. The van der Waals surface area contributed by atoms with Gasteiger partial charge in [-0.3, -0.25) is 4.99 Å². The van der Waals surface area contributed by atoms with E-state index in [1.165, 1.54) is 0 Å². The van der Waals surface area contributed by atoms with Crippen LogP contribution in [0.2, 0.25) is 0 Å². The monoisotopic (exact) mass is 321 g/mol. The van der Waals surface area contributed by atoms with Gasteiger partial charge in [-0.25, -0.2) is 0 Å². The number of nitrogens with zero attached hydrogens (tertiary/aromatic N) is 3. The van der Waals surface area contributed by atoms with Crippen LogP contribution >= 0.6 is 0 Å². The Labute approximate surface area is 137 Å². The Kier molecular flexibility index (Phi) is 4.57. The Hall–Kier alpha value is -1.63. The van der Waals surface area contributed by atoms with Crippen LogP contribution in [-0.2, 0) is 17.6 Å². The molecule has 0 bridgehead atoms. The number of guanidine groups is 1. The van der Waals surface area contributed by atoms with E-state index in [-0.39, 0.29) is 5.41 Å². The Morgan fingerprint density at radius 1 is 1.43 bits per heavy atom. The molecule has 1 saturated carbocycles. The molecular formula is C16H27N5O2. The Morgan fingerprint density at radius 2 is 2.26 bits per heavy atom. The number of ether oxygens (including phenoxy) is 1. The normalized spacial score (nSPS) is 29.0. The largest absolute Gasteiger partial charge is 0.377 e. The highest BCUT2D eigenvalue weighted by molar-refractivity contribution is 5.80. The highest BCUT2D eigenvalue weighted by atomic mass is 16.5. The highest BCUT2D eigenvalue weighted by Gasteiger charge is 2.59. The maximum atomic E-state index is 5.84. The number of rotatable bonds is 5. The van der Waals surface area contributed by atoms with Crippen molar-refractivity contribution in [2.75, 3.05) is 20.2 Å². The highest BCUT2D eigenvalue weighted by Crippen LogP contribution is 2.51. The molecule has 2 fully saturated rings. The van der Waals surface area contributed by atoms with Crippen LogP contribution in [0.4, 0.5) is 0 Å². The minimum absolute atomic E-state index is 0.141. The first-order chi connectivity index (χ1) is 11.1. The van der Waals surface area contributed by atoms with Gasteiger partial charge in [-0.2, -0.15) is 4.98 Å². The van der Waals surface area contributed by atoms with Crippen LogP contribution in [0, 0.1) is 11.3 Å². The summed E-state index contributed by atoms with van der Waals surface area (Å²) in [6, 6.07) is 0.401. The van der Waals surface area contributed by atoms with E-state index >= 15 is 0 Å². The third kappa shape index (κ3) is 3.06. The third-order valence-electron chi connectivity index (χ3n) is 5.07. The van der Waals surface area contributed by atoms with Crippen LogP contribution < -0.4 is 10.6 Å². The lowest BCUT2D eigenvalue weighted by molar-refractivity contribution is -0.106. The van der Waals surface area contributed by atoms with Crippen molar-refractivity contribution in [2.45, 2.75) is 52.2 Å². The lowest BCUT2D eigenvalue weighted by Gasteiger charge is -2.54. The Morgan fingerprint density at radius 3 is 2.96 bits per heavy atom. The van der Waals surface area contributed by atoms with Gasteiger partial charge in [0, 0.05) is 50.4 Å². The van der Waals surface area contributed by atoms with Crippen LogP contribution in [0.1, 0.15) is 38.9 Å². The summed E-state index contributed by atoms with van der Waals surface area (Å²) >= 11 is 0. The van der Waals surface area contributed by atoms with E-state index in [9.17, 15) is 0 Å². The third-order valence-corrected chi connectivity index (χ3v) is 5.07. The molecule has 7 heteroatoms. The lowest BCUT2D eigenvalue weighted by atomic mass is 9.57. The summed E-state index contributed by atoms with van der Waals surface area (Å²) in [4.78, 5) is 8.64. The molecule has 1 aromatic heterocycles. The molecule has 0 aromatic carbocycles. The topological polar surface area (TPSA) is 84.6 Å². The number of aryl methyl sites for hydroxylation is 1. The molecule has 1 saturated heterocycles. The molecule has 0 radical (unpaired) electrons. The average molecular weight is 321 g/mol. The fourth-order valence-electron chi connectivity index (χ4n) is 3.79. The molecule has 2 heterocycles. The van der Waals surface area contributed by atoms with Crippen molar-refractivity contribution in [3.63, 3.8) is 0 Å². The van der Waals surface area contributed by atoms with Crippen molar-refractivity contribution >= 4 is 5.96 Å². The first kappa shape index (κ1) is 16.2. The minimum atomic E-state index is 0.141. The zero-order chi connectivity index (χ0) is 16.4. The van der Waals surface area contributed by atoms with Gasteiger partial charge in [-0.1, -0.05) is 25.9 Å². The zero-order valence-electron chi connectivity index (χ0n) is 14.4. The van der Waals surface area contributed by atoms with Crippen molar-refractivity contribution in [2.24, 2.45) is 16.3 Å². The van der Waals surface area contributed by atoms with Crippen molar-refractivity contribution in [1.29, 1.82) is 0 Å². The first-order valence-corrected chi connectivity index (χ1v) is 8.46. The molecule has 1 aliphatic carbocycles. The van der Waals surface area contributed by atoms with Gasteiger partial charge in [0.25, 0.3) is 0 Å². The SMILES string of the molecule is CCc1nc(CCNC(=NC)NC2C3CCOC3C2(C)C)no1. The van der Waals surface area contributed by atoms with Gasteiger partial charge in [0.15, 0.2) is 11.8 Å². The number of aliphatic imine (C=N–C) groups is 1. The van der Waals surface area contributed by atoms with Gasteiger partial charge in [0.1, 0.15) is 0 Å². The lowest BCUT2D eigenvalue weighted by Crippen LogP contribution is -2.68. The molecule has 1 aromatic rings. The summed E-state index contributed by atoms with van der Waals surface area (Å²) < 4.78 is 11.0. The molecule has 0 amide bonds. The summed E-state index contributed by atoms with van der Waals surface area (Å²) in [5.74, 6) is 2.84. The van der Waals surface area contributed by atoms with E-state index < -0.39 is 0 Å². The molecular weight excluding hydrogens is 294 g/mol. The molecule has 3 rings (SSSR count). The Balaban J connectivity index is 1.49. The van der Waals surface area contributed by atoms with Crippen LogP contribution in [-0.4, -0.2) is 48.4 Å². The second-order valence-electron chi connectivity index (χ2n) is 6.89. The molecule has 0 spiro atoms. The van der Waals surface area contributed by atoms with E-state index in [1.807, 2.05) is 6.92 Å². The van der Waals surface area contributed by atoms with Crippen LogP contribution in [0.5, 0.6) is 0 Å². The standard InChI is InChI=1S/C16H27N5O2/c1-5-12-19-11(21-23-12)6-8-18-15(17-4)20-13-10-7-9-22-14(10)16(13,2)3/h10,13-14H,5-9H2,1-4H3,(H2,17,18,20). The van der Waals surface area contributed by atoms with Gasteiger partial charge in [-0.15, -0.1) is 0 Å². The van der Waals surface area contributed by atoms with Crippen LogP contribution in [0.3, 0.4) is 0 Å². The van der Waals surface area contributed by atoms with Gasteiger partial charge >= 0.3 is 0 Å². The van der Waals surface area contributed by atoms with E-state index in [0.717, 1.165) is 37.8 Å². The van der Waals surface area contributed by atoms with Gasteiger partial charge in [0.2, 0.25) is 5.89 Å². The van der Waals surface area contributed by atoms with Crippen LogP contribution in [0.15, 0.2) is 9.52 Å². The summed E-state index contributed by atoms with van der Waals surface area (Å²) in [5.41, 5.74) is 0.141. The smallest absolute Gasteiger partial charge is 0.226 e. The molecule has 1 aliphatic heterocycles. The van der Waals surface area contributed by atoms with Crippen molar-refractivity contribution in [3.05, 3.63) is 11.7 Å². The molecule has 23 heavy (non-hydrogen) atoms. The molecule has 3 atom stereocenters. The molecule has 2 N–H and O–H groups in total. The van der Waals surface area contributed by atoms with E-state index in [2.05, 4.69) is 39.6 Å². The molecule has 3 unspecified atom stereocenters. The second-order valence-corrected chi connectivity index (χ2v) is 6.89. The number of hydrogen-bond acceptors (Lipinski definition) is 5. The van der Waals surface area contributed by atoms with E-state index in [1.54, 1.807) is 7.05 Å². The predicted molar refractivity (Wildman–Crippen MR) is 87.3 cm³/mol. The quantitative estimate of drug-likeness (QED) is 0.625. The van der Waals surface area contributed by atoms with Crippen molar-refractivity contribution in [1.82, 2.24) is 20.8 Å². The minimum Gasteiger partial charge on any atom is -0.377 e. The van der Waals surface area contributed by atoms with Crippen molar-refractivity contribution < 1.29 is 9.26 Å². The fraction of sp³-hybridized carbons (Fsp3) is 0.812. The first-order valence-electron chi connectivity index (χ1n) is 8.46. The fourth-order valence-corrected chi connectivity index (χ4v) is 3.79. The number of fused-ring (bicyclic) bond motifs is 1. The average Bonchev–Trinajstić information content (AvgIpc) is 3.18. The van der Waals surface area contributed by atoms with E-state index in [4.69, 9.17) is 9.26 Å².